The summed E-state index contributed by atoms with van der Waals surface area (Å²) in [7, 11) is -3.68. The average molecular weight is 489 g/mol. The zero-order chi connectivity index (χ0) is 23.8. The highest BCUT2D eigenvalue weighted by Gasteiger charge is 2.27. The minimum Gasteiger partial charge on any atom is -0.332 e. The lowest BCUT2D eigenvalue weighted by molar-refractivity contribution is -0.132. The molecule has 8 heteroatoms. The smallest absolute Gasteiger partial charge is 0.238 e. The summed E-state index contributed by atoms with van der Waals surface area (Å²) < 4.78 is 40.9. The SMILES string of the molecule is CCCN(CC(=O)N(Cc1ccc(F)cc1)Cc1sccc1C)S(=O)(=O)Cc1ccccc1. The molecule has 0 bridgehead atoms. The number of carbonyl (C=O) groups excluding carboxylic acids is 1. The summed E-state index contributed by atoms with van der Waals surface area (Å²) >= 11 is 1.56. The molecule has 2 aromatic carbocycles. The van der Waals surface area contributed by atoms with Gasteiger partial charge in [-0.2, -0.15) is 4.31 Å². The summed E-state index contributed by atoms with van der Waals surface area (Å²) in [5.74, 6) is -0.771. The molecule has 0 radical (unpaired) electrons. The van der Waals surface area contributed by atoms with Gasteiger partial charge >= 0.3 is 0 Å². The molecule has 3 rings (SSSR count). The number of halogens is 1. The molecule has 0 N–H and O–H groups in total. The minimum atomic E-state index is -3.68. The van der Waals surface area contributed by atoms with E-state index in [9.17, 15) is 17.6 Å². The first-order valence-corrected chi connectivity index (χ1v) is 13.3. The van der Waals surface area contributed by atoms with Crippen molar-refractivity contribution >= 4 is 27.3 Å². The lowest BCUT2D eigenvalue weighted by atomic mass is 10.2. The van der Waals surface area contributed by atoms with E-state index in [1.54, 1.807) is 52.6 Å². The van der Waals surface area contributed by atoms with E-state index in [-0.39, 0.29) is 37.1 Å². The second-order valence-electron chi connectivity index (χ2n) is 7.98. The van der Waals surface area contributed by atoms with Gasteiger partial charge in [-0.15, -0.1) is 11.3 Å². The van der Waals surface area contributed by atoms with Crippen LogP contribution < -0.4 is 0 Å². The first-order valence-electron chi connectivity index (χ1n) is 10.9. The maximum absolute atomic E-state index is 13.4. The summed E-state index contributed by atoms with van der Waals surface area (Å²) in [6, 6.07) is 17.0. The molecule has 1 amide bonds. The van der Waals surface area contributed by atoms with Gasteiger partial charge in [0.25, 0.3) is 0 Å². The lowest BCUT2D eigenvalue weighted by Crippen LogP contribution is -2.43. The van der Waals surface area contributed by atoms with Crippen LogP contribution in [0.25, 0.3) is 0 Å². The minimum absolute atomic E-state index is 0.150. The van der Waals surface area contributed by atoms with Gasteiger partial charge in [0.1, 0.15) is 5.82 Å². The standard InChI is InChI=1S/C25H29FN2O3S2/c1-3-14-28(33(30,31)19-22-7-5-4-6-8-22)18-25(29)27(17-24-20(2)13-15-32-24)16-21-9-11-23(26)12-10-21/h4-13,15H,3,14,16-19H2,1-2H3. The predicted molar refractivity (Wildman–Crippen MR) is 131 cm³/mol. The number of hydrogen-bond acceptors (Lipinski definition) is 4. The van der Waals surface area contributed by atoms with Gasteiger partial charge in [0, 0.05) is 18.0 Å². The summed E-state index contributed by atoms with van der Waals surface area (Å²) in [6.45, 7) is 4.56. The molecule has 0 saturated heterocycles. The van der Waals surface area contributed by atoms with E-state index < -0.39 is 10.0 Å². The van der Waals surface area contributed by atoms with Crippen LogP contribution in [-0.4, -0.2) is 36.6 Å². The van der Waals surface area contributed by atoms with Gasteiger partial charge in [-0.05, 0) is 53.6 Å². The first kappa shape index (κ1) is 25.1. The highest BCUT2D eigenvalue weighted by Crippen LogP contribution is 2.20. The molecule has 0 spiro atoms. The fourth-order valence-electron chi connectivity index (χ4n) is 3.47. The highest BCUT2D eigenvalue weighted by atomic mass is 32.2. The van der Waals surface area contributed by atoms with Crippen molar-refractivity contribution in [1.82, 2.24) is 9.21 Å². The number of thiophene rings is 1. The summed E-state index contributed by atoms with van der Waals surface area (Å²) in [6.07, 6.45) is 0.600. The van der Waals surface area contributed by atoms with Gasteiger partial charge < -0.3 is 4.90 Å². The van der Waals surface area contributed by atoms with Gasteiger partial charge in [0.05, 0.1) is 18.8 Å². The van der Waals surface area contributed by atoms with Crippen molar-refractivity contribution in [2.24, 2.45) is 0 Å². The molecular formula is C25H29FN2O3S2. The summed E-state index contributed by atoms with van der Waals surface area (Å²) in [4.78, 5) is 16.1. The van der Waals surface area contributed by atoms with Crippen molar-refractivity contribution in [2.45, 2.75) is 39.1 Å². The predicted octanol–water partition coefficient (Wildman–Crippen LogP) is 4.97. The summed E-state index contributed by atoms with van der Waals surface area (Å²) in [5, 5.41) is 1.97. The van der Waals surface area contributed by atoms with Crippen LogP contribution in [0.5, 0.6) is 0 Å². The van der Waals surface area contributed by atoms with E-state index in [0.29, 0.717) is 18.5 Å². The van der Waals surface area contributed by atoms with Gasteiger partial charge in [-0.1, -0.05) is 49.4 Å². The Labute approximate surface area is 199 Å². The Morgan fingerprint density at radius 1 is 0.970 bits per heavy atom. The largest absolute Gasteiger partial charge is 0.332 e. The number of rotatable bonds is 11. The van der Waals surface area contributed by atoms with Crippen molar-refractivity contribution in [3.63, 3.8) is 0 Å². The van der Waals surface area contributed by atoms with Gasteiger partial charge in [0.15, 0.2) is 0 Å². The molecule has 176 valence electrons. The number of hydrogen-bond donors (Lipinski definition) is 0. The topological polar surface area (TPSA) is 57.7 Å². The molecule has 0 aliphatic rings. The molecule has 0 aliphatic carbocycles. The number of carbonyl (C=O) groups is 1. The Balaban J connectivity index is 1.81. The average Bonchev–Trinajstić information content (AvgIpc) is 3.19. The highest BCUT2D eigenvalue weighted by molar-refractivity contribution is 7.88. The van der Waals surface area contributed by atoms with Crippen molar-refractivity contribution in [2.75, 3.05) is 13.1 Å². The number of amides is 1. The fourth-order valence-corrected chi connectivity index (χ4v) is 5.96. The van der Waals surface area contributed by atoms with E-state index in [2.05, 4.69) is 0 Å². The first-order chi connectivity index (χ1) is 15.8. The third-order valence-corrected chi connectivity index (χ3v) is 8.12. The van der Waals surface area contributed by atoms with Crippen molar-refractivity contribution in [1.29, 1.82) is 0 Å². The third kappa shape index (κ3) is 7.22. The second kappa shape index (κ2) is 11.5. The maximum Gasteiger partial charge on any atom is 0.238 e. The molecular weight excluding hydrogens is 459 g/mol. The second-order valence-corrected chi connectivity index (χ2v) is 10.9. The molecule has 0 atom stereocenters. The Morgan fingerprint density at radius 2 is 1.67 bits per heavy atom. The van der Waals surface area contributed by atoms with Gasteiger partial charge in [-0.25, -0.2) is 12.8 Å². The zero-order valence-corrected chi connectivity index (χ0v) is 20.5. The van der Waals surface area contributed by atoms with Crippen LogP contribution in [0, 0.1) is 12.7 Å². The maximum atomic E-state index is 13.4. The molecule has 1 heterocycles. The van der Waals surface area contributed by atoms with Crippen LogP contribution in [-0.2, 0) is 33.7 Å². The third-order valence-electron chi connectivity index (χ3n) is 5.31. The molecule has 0 unspecified atom stereocenters. The van der Waals surface area contributed by atoms with Crippen LogP contribution in [0.2, 0.25) is 0 Å². The Kier molecular flexibility index (Phi) is 8.77. The Hall–Kier alpha value is -2.55. The van der Waals surface area contributed by atoms with E-state index in [1.807, 2.05) is 31.4 Å². The molecule has 0 saturated carbocycles. The number of sulfonamides is 1. The van der Waals surface area contributed by atoms with E-state index >= 15 is 0 Å². The van der Waals surface area contributed by atoms with Crippen molar-refractivity contribution < 1.29 is 17.6 Å². The number of aryl methyl sites for hydroxylation is 1. The zero-order valence-electron chi connectivity index (χ0n) is 18.9. The molecule has 0 aliphatic heterocycles. The molecule has 0 fully saturated rings. The van der Waals surface area contributed by atoms with Gasteiger partial charge in [0.2, 0.25) is 15.9 Å². The fraction of sp³-hybridized carbons (Fsp3) is 0.320. The lowest BCUT2D eigenvalue weighted by Gasteiger charge is -2.27. The van der Waals surface area contributed by atoms with Crippen LogP contribution in [0.15, 0.2) is 66.0 Å². The van der Waals surface area contributed by atoms with Crippen LogP contribution in [0.1, 0.15) is 34.9 Å². The van der Waals surface area contributed by atoms with Crippen LogP contribution in [0.3, 0.4) is 0 Å². The Morgan fingerprint density at radius 3 is 2.27 bits per heavy atom. The quantitative estimate of drug-likeness (QED) is 0.383. The van der Waals surface area contributed by atoms with E-state index in [0.717, 1.165) is 16.0 Å². The van der Waals surface area contributed by atoms with Gasteiger partial charge in [-0.3, -0.25) is 4.79 Å². The molecule has 3 aromatic rings. The van der Waals surface area contributed by atoms with Crippen LogP contribution >= 0.6 is 11.3 Å². The van der Waals surface area contributed by atoms with Crippen LogP contribution in [0.4, 0.5) is 4.39 Å². The number of benzene rings is 2. The molecule has 5 nitrogen and oxygen atoms in total. The number of nitrogens with zero attached hydrogens (tertiary/aromatic N) is 2. The monoisotopic (exact) mass is 488 g/mol. The normalized spacial score (nSPS) is 11.6. The van der Waals surface area contributed by atoms with Crippen molar-refractivity contribution in [3.05, 3.63) is 93.4 Å². The molecule has 33 heavy (non-hydrogen) atoms. The van der Waals surface area contributed by atoms with Crippen molar-refractivity contribution in [3.8, 4) is 0 Å². The van der Waals surface area contributed by atoms with E-state index in [4.69, 9.17) is 0 Å². The van der Waals surface area contributed by atoms with E-state index in [1.165, 1.54) is 16.4 Å². The summed E-state index contributed by atoms with van der Waals surface area (Å²) in [5.41, 5.74) is 2.55. The molecule has 1 aromatic heterocycles. The Bertz CT molecular complexity index is 1150.